The Labute approximate surface area is 102 Å². The van der Waals surface area contributed by atoms with Gasteiger partial charge >= 0.3 is 0 Å². The second kappa shape index (κ2) is 5.39. The van der Waals surface area contributed by atoms with Crippen molar-refractivity contribution in [2.75, 3.05) is 6.54 Å². The summed E-state index contributed by atoms with van der Waals surface area (Å²) < 4.78 is 28.5. The van der Waals surface area contributed by atoms with Crippen LogP contribution in [0.1, 0.15) is 39.0 Å². The topological polar surface area (TPSA) is 84.2 Å². The molecule has 5 nitrogen and oxygen atoms in total. The fourth-order valence-corrected chi connectivity index (χ4v) is 3.60. The Bertz CT molecular complexity index is 348. The van der Waals surface area contributed by atoms with Crippen LogP contribution in [0, 0.1) is 0 Å². The normalized spacial score (nSPS) is 19.8. The molecule has 1 aliphatic rings. The van der Waals surface area contributed by atoms with Crippen LogP contribution >= 0.6 is 12.2 Å². The van der Waals surface area contributed by atoms with Crippen molar-refractivity contribution >= 4 is 27.4 Å². The maximum absolute atomic E-state index is 11.7. The second-order valence-corrected chi connectivity index (χ2v) is 6.09. The Kier molecular flexibility index (Phi) is 4.66. The zero-order valence-corrected chi connectivity index (χ0v) is 11.1. The van der Waals surface area contributed by atoms with E-state index in [-0.39, 0.29) is 4.99 Å². The van der Waals surface area contributed by atoms with Gasteiger partial charge in [-0.2, -0.15) is 13.1 Å². The molecule has 1 fully saturated rings. The SMILES string of the molecule is CCCNS(=O)(=O)NC1(C(N)=S)CCCC1. The summed E-state index contributed by atoms with van der Waals surface area (Å²) in [7, 11) is -3.50. The summed E-state index contributed by atoms with van der Waals surface area (Å²) in [5.74, 6) is 0. The molecule has 94 valence electrons. The minimum absolute atomic E-state index is 0.242. The van der Waals surface area contributed by atoms with Crippen LogP contribution in [-0.2, 0) is 10.2 Å². The van der Waals surface area contributed by atoms with E-state index in [1.807, 2.05) is 6.92 Å². The molecule has 0 aliphatic heterocycles. The minimum atomic E-state index is -3.50. The van der Waals surface area contributed by atoms with E-state index in [9.17, 15) is 8.42 Å². The highest BCUT2D eigenvalue weighted by Crippen LogP contribution is 2.30. The van der Waals surface area contributed by atoms with Crippen LogP contribution in [0.3, 0.4) is 0 Å². The fourth-order valence-electron chi connectivity index (χ4n) is 1.91. The van der Waals surface area contributed by atoms with E-state index in [1.165, 1.54) is 0 Å². The maximum Gasteiger partial charge on any atom is 0.277 e. The average Bonchev–Trinajstić information content (AvgIpc) is 2.64. The zero-order chi connectivity index (χ0) is 12.2. The molecule has 0 aromatic carbocycles. The predicted octanol–water partition coefficient (Wildman–Crippen LogP) is 0.419. The van der Waals surface area contributed by atoms with Gasteiger partial charge in [0, 0.05) is 6.54 Å². The Morgan fingerprint density at radius 2 is 2.00 bits per heavy atom. The lowest BCUT2D eigenvalue weighted by molar-refractivity contribution is 0.494. The van der Waals surface area contributed by atoms with Crippen molar-refractivity contribution in [1.82, 2.24) is 9.44 Å². The minimum Gasteiger partial charge on any atom is -0.392 e. The van der Waals surface area contributed by atoms with Crippen molar-refractivity contribution < 1.29 is 8.42 Å². The molecule has 0 bridgehead atoms. The van der Waals surface area contributed by atoms with Gasteiger partial charge in [-0.05, 0) is 19.3 Å². The quantitative estimate of drug-likeness (QED) is 0.608. The molecule has 0 atom stereocenters. The molecule has 16 heavy (non-hydrogen) atoms. The Hall–Kier alpha value is -0.240. The number of nitrogens with one attached hydrogen (secondary N) is 2. The molecule has 0 aromatic rings. The predicted molar refractivity (Wildman–Crippen MR) is 68.3 cm³/mol. The molecular formula is C9H19N3O2S2. The lowest BCUT2D eigenvalue weighted by Crippen LogP contribution is -2.57. The summed E-state index contributed by atoms with van der Waals surface area (Å²) in [5.41, 5.74) is 4.93. The van der Waals surface area contributed by atoms with Crippen molar-refractivity contribution in [3.8, 4) is 0 Å². The number of rotatable bonds is 6. The first-order valence-corrected chi connectivity index (χ1v) is 7.39. The lowest BCUT2D eigenvalue weighted by Gasteiger charge is -2.28. The molecule has 7 heteroatoms. The van der Waals surface area contributed by atoms with Crippen LogP contribution in [0.25, 0.3) is 0 Å². The van der Waals surface area contributed by atoms with Gasteiger partial charge in [-0.15, -0.1) is 0 Å². The summed E-state index contributed by atoms with van der Waals surface area (Å²) in [4.78, 5) is 0.242. The largest absolute Gasteiger partial charge is 0.392 e. The first-order valence-electron chi connectivity index (χ1n) is 5.50. The molecule has 0 spiro atoms. The highest BCUT2D eigenvalue weighted by atomic mass is 32.2. The number of nitrogens with two attached hydrogens (primary N) is 1. The van der Waals surface area contributed by atoms with Gasteiger partial charge < -0.3 is 5.73 Å². The third kappa shape index (κ3) is 3.38. The van der Waals surface area contributed by atoms with Crippen molar-refractivity contribution in [2.45, 2.75) is 44.6 Å². The second-order valence-electron chi connectivity index (χ2n) is 4.15. The van der Waals surface area contributed by atoms with Gasteiger partial charge in [-0.25, -0.2) is 4.72 Å². The van der Waals surface area contributed by atoms with Gasteiger partial charge in [-0.3, -0.25) is 0 Å². The first kappa shape index (κ1) is 13.8. The number of hydrogen-bond acceptors (Lipinski definition) is 3. The number of thiocarbonyl (C=S) groups is 1. The van der Waals surface area contributed by atoms with E-state index in [2.05, 4.69) is 9.44 Å². The highest BCUT2D eigenvalue weighted by Gasteiger charge is 2.40. The Balaban J connectivity index is 2.72. The van der Waals surface area contributed by atoms with Gasteiger partial charge in [-0.1, -0.05) is 32.0 Å². The van der Waals surface area contributed by atoms with Gasteiger partial charge in [0.1, 0.15) is 0 Å². The van der Waals surface area contributed by atoms with E-state index in [0.717, 1.165) is 19.3 Å². The molecule has 0 heterocycles. The third-order valence-electron chi connectivity index (χ3n) is 2.80. The summed E-state index contributed by atoms with van der Waals surface area (Å²) >= 11 is 4.97. The van der Waals surface area contributed by atoms with E-state index >= 15 is 0 Å². The Morgan fingerprint density at radius 3 is 2.44 bits per heavy atom. The van der Waals surface area contributed by atoms with E-state index < -0.39 is 15.7 Å². The van der Waals surface area contributed by atoms with Crippen LogP contribution in [0.15, 0.2) is 0 Å². The van der Waals surface area contributed by atoms with E-state index in [1.54, 1.807) is 0 Å². The van der Waals surface area contributed by atoms with E-state index in [0.29, 0.717) is 19.4 Å². The molecule has 0 unspecified atom stereocenters. The molecule has 0 amide bonds. The molecular weight excluding hydrogens is 246 g/mol. The van der Waals surface area contributed by atoms with Gasteiger partial charge in [0.2, 0.25) is 0 Å². The van der Waals surface area contributed by atoms with Gasteiger partial charge in [0.25, 0.3) is 10.2 Å². The molecule has 0 aromatic heterocycles. The molecule has 0 radical (unpaired) electrons. The molecule has 0 saturated heterocycles. The van der Waals surface area contributed by atoms with E-state index in [4.69, 9.17) is 18.0 Å². The molecule has 1 aliphatic carbocycles. The summed E-state index contributed by atoms with van der Waals surface area (Å²) in [6.45, 7) is 2.32. The third-order valence-corrected chi connectivity index (χ3v) is 4.43. The van der Waals surface area contributed by atoms with Crippen LogP contribution in [0.4, 0.5) is 0 Å². The number of hydrogen-bond donors (Lipinski definition) is 3. The van der Waals surface area contributed by atoms with Crippen LogP contribution in [0.2, 0.25) is 0 Å². The smallest absolute Gasteiger partial charge is 0.277 e. The van der Waals surface area contributed by atoms with Crippen LogP contribution < -0.4 is 15.2 Å². The molecule has 1 rings (SSSR count). The van der Waals surface area contributed by atoms with Gasteiger partial charge in [0.15, 0.2) is 0 Å². The summed E-state index contributed by atoms with van der Waals surface area (Å²) in [6, 6.07) is 0. The van der Waals surface area contributed by atoms with Crippen LogP contribution in [-0.4, -0.2) is 25.5 Å². The lowest BCUT2D eigenvalue weighted by atomic mass is 10.00. The molecule has 4 N–H and O–H groups in total. The molecule has 1 saturated carbocycles. The summed E-state index contributed by atoms with van der Waals surface area (Å²) in [5, 5.41) is 0. The van der Waals surface area contributed by atoms with Crippen molar-refractivity contribution in [1.29, 1.82) is 0 Å². The standard InChI is InChI=1S/C9H19N3O2S2/c1-2-7-11-16(13,14)12-9(8(10)15)5-3-4-6-9/h11-12H,2-7H2,1H3,(H2,10,15). The van der Waals surface area contributed by atoms with Crippen molar-refractivity contribution in [2.24, 2.45) is 5.73 Å². The van der Waals surface area contributed by atoms with Crippen LogP contribution in [0.5, 0.6) is 0 Å². The summed E-state index contributed by atoms with van der Waals surface area (Å²) in [6.07, 6.45) is 4.03. The zero-order valence-electron chi connectivity index (χ0n) is 9.45. The first-order chi connectivity index (χ1) is 7.42. The fraction of sp³-hybridized carbons (Fsp3) is 0.889. The Morgan fingerprint density at radius 1 is 1.44 bits per heavy atom. The highest BCUT2D eigenvalue weighted by molar-refractivity contribution is 7.87. The average molecular weight is 265 g/mol. The van der Waals surface area contributed by atoms with Crippen molar-refractivity contribution in [3.05, 3.63) is 0 Å². The van der Waals surface area contributed by atoms with Gasteiger partial charge in [0.05, 0.1) is 10.5 Å². The maximum atomic E-state index is 11.7. The monoisotopic (exact) mass is 265 g/mol. The van der Waals surface area contributed by atoms with Crippen molar-refractivity contribution in [3.63, 3.8) is 0 Å².